The van der Waals surface area contributed by atoms with Gasteiger partial charge >= 0.3 is 0 Å². The van der Waals surface area contributed by atoms with Crippen molar-refractivity contribution in [2.45, 2.75) is 26.7 Å². The molecule has 0 aliphatic carbocycles. The minimum Gasteiger partial charge on any atom is -0.384 e. The van der Waals surface area contributed by atoms with Crippen LogP contribution in [0.3, 0.4) is 0 Å². The summed E-state index contributed by atoms with van der Waals surface area (Å²) in [5.41, 5.74) is 5.98. The highest BCUT2D eigenvalue weighted by molar-refractivity contribution is 5.98. The summed E-state index contributed by atoms with van der Waals surface area (Å²) in [7, 11) is 0. The molecule has 5 nitrogen and oxygen atoms in total. The first-order valence-corrected chi connectivity index (χ1v) is 6.16. The van der Waals surface area contributed by atoms with E-state index in [0.29, 0.717) is 24.4 Å². The largest absolute Gasteiger partial charge is 0.384 e. The van der Waals surface area contributed by atoms with Gasteiger partial charge in [-0.3, -0.25) is 5.41 Å². The molecule has 3 N–H and O–H groups in total. The second-order valence-corrected chi connectivity index (χ2v) is 4.11. The number of nitrogens with two attached hydrogens (primary N) is 1. The molecule has 0 bridgehead atoms. The SMILES string of the molecule is CCc1nc(CC)n(-c2cccc(F)c2C(=N)N)n1. The van der Waals surface area contributed by atoms with Crippen molar-refractivity contribution in [3.63, 3.8) is 0 Å². The van der Waals surface area contributed by atoms with Gasteiger partial charge in [0, 0.05) is 12.8 Å². The van der Waals surface area contributed by atoms with Gasteiger partial charge in [-0.1, -0.05) is 19.9 Å². The summed E-state index contributed by atoms with van der Waals surface area (Å²) in [5.74, 6) is 0.574. The molecule has 0 radical (unpaired) electrons. The number of hydrogen-bond acceptors (Lipinski definition) is 3. The number of nitrogen functional groups attached to an aromatic ring is 1. The summed E-state index contributed by atoms with van der Waals surface area (Å²) < 4.78 is 15.4. The Kier molecular flexibility index (Phi) is 3.59. The van der Waals surface area contributed by atoms with Crippen LogP contribution in [0.15, 0.2) is 18.2 Å². The predicted octanol–water partition coefficient (Wildman–Crippen LogP) is 1.82. The van der Waals surface area contributed by atoms with Gasteiger partial charge < -0.3 is 5.73 Å². The zero-order chi connectivity index (χ0) is 14.0. The van der Waals surface area contributed by atoms with Gasteiger partial charge in [0.2, 0.25) is 0 Å². The second kappa shape index (κ2) is 5.17. The minimum atomic E-state index is -0.527. The molecule has 1 aromatic carbocycles. The molecule has 1 heterocycles. The van der Waals surface area contributed by atoms with Crippen LogP contribution in [0.5, 0.6) is 0 Å². The molecule has 0 saturated carbocycles. The van der Waals surface area contributed by atoms with Crippen LogP contribution in [0, 0.1) is 11.2 Å². The van der Waals surface area contributed by atoms with E-state index in [4.69, 9.17) is 11.1 Å². The van der Waals surface area contributed by atoms with E-state index in [1.807, 2.05) is 13.8 Å². The van der Waals surface area contributed by atoms with E-state index in [2.05, 4.69) is 10.1 Å². The van der Waals surface area contributed by atoms with Crippen molar-refractivity contribution < 1.29 is 4.39 Å². The Labute approximate surface area is 110 Å². The molecule has 6 heteroatoms. The summed E-state index contributed by atoms with van der Waals surface area (Å²) in [6, 6.07) is 4.54. The van der Waals surface area contributed by atoms with E-state index >= 15 is 0 Å². The monoisotopic (exact) mass is 261 g/mol. The lowest BCUT2D eigenvalue weighted by molar-refractivity contribution is 0.621. The summed E-state index contributed by atoms with van der Waals surface area (Å²) in [5, 5.41) is 11.9. The summed E-state index contributed by atoms with van der Waals surface area (Å²) >= 11 is 0. The predicted molar refractivity (Wildman–Crippen MR) is 71.1 cm³/mol. The van der Waals surface area contributed by atoms with E-state index in [1.54, 1.807) is 16.8 Å². The standard InChI is InChI=1S/C13H16FN5/c1-3-10-17-11(4-2)19(18-10)9-7-5-6-8(14)12(9)13(15)16/h5-7H,3-4H2,1-2H3,(H3,15,16). The highest BCUT2D eigenvalue weighted by atomic mass is 19.1. The van der Waals surface area contributed by atoms with Crippen LogP contribution in [0.2, 0.25) is 0 Å². The number of aryl methyl sites for hydroxylation is 2. The fraction of sp³-hybridized carbons (Fsp3) is 0.308. The van der Waals surface area contributed by atoms with Crippen molar-refractivity contribution in [3.05, 3.63) is 41.2 Å². The number of rotatable bonds is 4. The Hall–Kier alpha value is -2.24. The quantitative estimate of drug-likeness (QED) is 0.650. The van der Waals surface area contributed by atoms with E-state index in [-0.39, 0.29) is 11.4 Å². The number of nitrogens with one attached hydrogen (secondary N) is 1. The van der Waals surface area contributed by atoms with E-state index in [1.165, 1.54) is 6.07 Å². The normalized spacial score (nSPS) is 10.7. The lowest BCUT2D eigenvalue weighted by Gasteiger charge is -2.10. The molecule has 100 valence electrons. The van der Waals surface area contributed by atoms with Crippen LogP contribution in [0.4, 0.5) is 4.39 Å². The van der Waals surface area contributed by atoms with Gasteiger partial charge in [0.25, 0.3) is 0 Å². The molecular formula is C13H16FN5. The third-order valence-corrected chi connectivity index (χ3v) is 2.84. The van der Waals surface area contributed by atoms with Crippen LogP contribution in [0.1, 0.15) is 31.1 Å². The van der Waals surface area contributed by atoms with Crippen molar-refractivity contribution in [1.82, 2.24) is 14.8 Å². The zero-order valence-corrected chi connectivity index (χ0v) is 10.9. The first-order valence-electron chi connectivity index (χ1n) is 6.16. The Morgan fingerprint density at radius 3 is 2.68 bits per heavy atom. The first-order chi connectivity index (χ1) is 9.08. The smallest absolute Gasteiger partial charge is 0.151 e. The third-order valence-electron chi connectivity index (χ3n) is 2.84. The Morgan fingerprint density at radius 1 is 1.37 bits per heavy atom. The van der Waals surface area contributed by atoms with Crippen LogP contribution in [-0.4, -0.2) is 20.6 Å². The fourth-order valence-electron chi connectivity index (χ4n) is 1.92. The maximum atomic E-state index is 13.8. The van der Waals surface area contributed by atoms with Gasteiger partial charge in [-0.05, 0) is 12.1 Å². The molecule has 0 aliphatic rings. The van der Waals surface area contributed by atoms with Crippen molar-refractivity contribution in [2.75, 3.05) is 0 Å². The molecule has 0 amide bonds. The average molecular weight is 261 g/mol. The molecule has 0 unspecified atom stereocenters. The van der Waals surface area contributed by atoms with Crippen LogP contribution in [0.25, 0.3) is 5.69 Å². The van der Waals surface area contributed by atoms with Gasteiger partial charge in [0.05, 0.1) is 11.3 Å². The van der Waals surface area contributed by atoms with Crippen LogP contribution < -0.4 is 5.73 Å². The number of aromatic nitrogens is 3. The van der Waals surface area contributed by atoms with Gasteiger partial charge in [0.1, 0.15) is 17.5 Å². The van der Waals surface area contributed by atoms with Crippen molar-refractivity contribution in [1.29, 1.82) is 5.41 Å². The minimum absolute atomic E-state index is 0.0600. The van der Waals surface area contributed by atoms with E-state index in [9.17, 15) is 4.39 Å². The van der Waals surface area contributed by atoms with Crippen molar-refractivity contribution in [2.24, 2.45) is 5.73 Å². The molecule has 1 aromatic heterocycles. The highest BCUT2D eigenvalue weighted by Gasteiger charge is 2.17. The maximum absolute atomic E-state index is 13.8. The lowest BCUT2D eigenvalue weighted by Crippen LogP contribution is -2.18. The molecule has 0 spiro atoms. The van der Waals surface area contributed by atoms with Gasteiger partial charge in [-0.15, -0.1) is 0 Å². The molecule has 2 aromatic rings. The number of nitrogens with zero attached hydrogens (tertiary/aromatic N) is 3. The Morgan fingerprint density at radius 2 is 2.11 bits per heavy atom. The molecule has 0 atom stereocenters. The van der Waals surface area contributed by atoms with E-state index < -0.39 is 5.82 Å². The number of halogens is 1. The molecule has 2 rings (SSSR count). The fourth-order valence-corrected chi connectivity index (χ4v) is 1.92. The van der Waals surface area contributed by atoms with E-state index in [0.717, 1.165) is 5.82 Å². The highest BCUT2D eigenvalue weighted by Crippen LogP contribution is 2.19. The number of hydrogen-bond donors (Lipinski definition) is 2. The van der Waals surface area contributed by atoms with Crippen LogP contribution in [-0.2, 0) is 12.8 Å². The average Bonchev–Trinajstić information content (AvgIpc) is 2.81. The van der Waals surface area contributed by atoms with Crippen molar-refractivity contribution in [3.8, 4) is 5.69 Å². The second-order valence-electron chi connectivity index (χ2n) is 4.11. The molecule has 0 fully saturated rings. The maximum Gasteiger partial charge on any atom is 0.151 e. The third kappa shape index (κ3) is 2.33. The number of amidine groups is 1. The topological polar surface area (TPSA) is 80.6 Å². The van der Waals surface area contributed by atoms with Crippen molar-refractivity contribution >= 4 is 5.84 Å². The van der Waals surface area contributed by atoms with Gasteiger partial charge in [-0.25, -0.2) is 14.1 Å². The summed E-state index contributed by atoms with van der Waals surface area (Å²) in [4.78, 5) is 4.37. The Bertz CT molecular complexity index is 617. The molecule has 19 heavy (non-hydrogen) atoms. The Balaban J connectivity index is 2.68. The first kappa shape index (κ1) is 13.2. The summed E-state index contributed by atoms with van der Waals surface area (Å²) in [6.45, 7) is 3.91. The molecular weight excluding hydrogens is 245 g/mol. The van der Waals surface area contributed by atoms with Gasteiger partial charge in [0.15, 0.2) is 5.82 Å². The lowest BCUT2D eigenvalue weighted by atomic mass is 10.1. The molecule has 0 saturated heterocycles. The zero-order valence-electron chi connectivity index (χ0n) is 10.9. The molecule has 0 aliphatic heterocycles. The van der Waals surface area contributed by atoms with Gasteiger partial charge in [-0.2, -0.15) is 5.10 Å². The van der Waals surface area contributed by atoms with Crippen LogP contribution >= 0.6 is 0 Å². The summed E-state index contributed by atoms with van der Waals surface area (Å²) in [6.07, 6.45) is 1.37. The number of benzene rings is 1.